The van der Waals surface area contributed by atoms with Crippen LogP contribution in [0.5, 0.6) is 0 Å². The zero-order chi connectivity index (χ0) is 16.0. The van der Waals surface area contributed by atoms with E-state index in [0.717, 1.165) is 50.0 Å². The molecule has 22 heavy (non-hydrogen) atoms. The number of aryl methyl sites for hydroxylation is 2. The summed E-state index contributed by atoms with van der Waals surface area (Å²) in [4.78, 5) is 11.0. The van der Waals surface area contributed by atoms with Crippen LogP contribution in [0.3, 0.4) is 0 Å². The van der Waals surface area contributed by atoms with Crippen molar-refractivity contribution < 1.29 is 13.9 Å². The Balaban J connectivity index is 2.03. The predicted molar refractivity (Wildman–Crippen MR) is 90.0 cm³/mol. The number of furan rings is 1. The van der Waals surface area contributed by atoms with E-state index in [0.29, 0.717) is 6.42 Å². The van der Waals surface area contributed by atoms with Gasteiger partial charge in [0.15, 0.2) is 0 Å². The van der Waals surface area contributed by atoms with Gasteiger partial charge in [-0.1, -0.05) is 45.4 Å². The lowest BCUT2D eigenvalue weighted by Gasteiger charge is -2.01. The highest BCUT2D eigenvalue weighted by Gasteiger charge is 2.03. The van der Waals surface area contributed by atoms with Crippen molar-refractivity contribution in [1.82, 2.24) is 0 Å². The van der Waals surface area contributed by atoms with Gasteiger partial charge < -0.3 is 9.15 Å². The van der Waals surface area contributed by atoms with Crippen molar-refractivity contribution in [2.75, 3.05) is 7.11 Å². The Hall–Kier alpha value is -1.25. The van der Waals surface area contributed by atoms with Crippen molar-refractivity contribution in [3.63, 3.8) is 0 Å². The van der Waals surface area contributed by atoms with E-state index in [1.165, 1.54) is 39.2 Å². The lowest BCUT2D eigenvalue weighted by Crippen LogP contribution is -1.99. The molecule has 0 atom stereocenters. The molecule has 0 saturated heterocycles. The maximum absolute atomic E-state index is 11.0. The molecule has 1 heterocycles. The molecule has 1 rings (SSSR count). The van der Waals surface area contributed by atoms with Crippen LogP contribution >= 0.6 is 0 Å². The largest absolute Gasteiger partial charge is 0.469 e. The van der Waals surface area contributed by atoms with E-state index in [1.807, 2.05) is 0 Å². The van der Waals surface area contributed by atoms with Crippen LogP contribution < -0.4 is 0 Å². The molecule has 0 amide bonds. The third-order valence-electron chi connectivity index (χ3n) is 4.03. The molecule has 0 spiro atoms. The molecule has 0 N–H and O–H groups in total. The van der Waals surface area contributed by atoms with Crippen LogP contribution in [0.25, 0.3) is 0 Å². The third kappa shape index (κ3) is 8.91. The van der Waals surface area contributed by atoms with Crippen LogP contribution in [-0.2, 0) is 22.4 Å². The van der Waals surface area contributed by atoms with Crippen LogP contribution in [0, 0.1) is 0 Å². The summed E-state index contributed by atoms with van der Waals surface area (Å²) in [5.41, 5.74) is 0. The summed E-state index contributed by atoms with van der Waals surface area (Å²) >= 11 is 0. The van der Waals surface area contributed by atoms with Crippen molar-refractivity contribution in [3.05, 3.63) is 23.7 Å². The molecule has 3 nitrogen and oxygen atoms in total. The summed E-state index contributed by atoms with van der Waals surface area (Å²) in [5, 5.41) is 0. The number of rotatable bonds is 13. The van der Waals surface area contributed by atoms with Crippen LogP contribution in [0.1, 0.15) is 82.7 Å². The topological polar surface area (TPSA) is 39.4 Å². The first kappa shape index (κ1) is 18.8. The van der Waals surface area contributed by atoms with Crippen molar-refractivity contribution in [2.24, 2.45) is 0 Å². The molecule has 0 aliphatic carbocycles. The monoisotopic (exact) mass is 308 g/mol. The molecule has 0 saturated carbocycles. The number of hydrogen-bond acceptors (Lipinski definition) is 3. The van der Waals surface area contributed by atoms with Gasteiger partial charge in [-0.15, -0.1) is 0 Å². The maximum Gasteiger partial charge on any atom is 0.305 e. The van der Waals surface area contributed by atoms with Crippen LogP contribution in [0.4, 0.5) is 0 Å². The van der Waals surface area contributed by atoms with Gasteiger partial charge in [0.2, 0.25) is 0 Å². The second-order valence-electron chi connectivity index (χ2n) is 6.02. The minimum absolute atomic E-state index is 0.102. The van der Waals surface area contributed by atoms with Gasteiger partial charge in [0.05, 0.1) is 7.11 Å². The average molecular weight is 308 g/mol. The molecule has 0 radical (unpaired) electrons. The van der Waals surface area contributed by atoms with Crippen molar-refractivity contribution in [3.8, 4) is 0 Å². The first-order valence-electron chi connectivity index (χ1n) is 8.90. The first-order valence-corrected chi connectivity index (χ1v) is 8.90. The Kier molecular flexibility index (Phi) is 10.5. The highest BCUT2D eigenvalue weighted by atomic mass is 16.5. The average Bonchev–Trinajstić information content (AvgIpc) is 2.98. The molecule has 1 aromatic rings. The van der Waals surface area contributed by atoms with E-state index in [9.17, 15) is 4.79 Å². The van der Waals surface area contributed by atoms with Gasteiger partial charge in [0.25, 0.3) is 0 Å². The fourth-order valence-electron chi connectivity index (χ4n) is 2.62. The number of carbonyl (C=O) groups is 1. The van der Waals surface area contributed by atoms with E-state index in [2.05, 4.69) is 23.8 Å². The Morgan fingerprint density at radius 3 is 2.00 bits per heavy atom. The van der Waals surface area contributed by atoms with E-state index < -0.39 is 0 Å². The first-order chi connectivity index (χ1) is 10.8. The standard InChI is InChI=1S/C19H32O3/c1-3-4-5-6-9-12-17-15-16-18(22-17)13-10-7-8-11-14-19(20)21-2/h15-16H,3-14H2,1-2H3. The van der Waals surface area contributed by atoms with Crippen molar-refractivity contribution >= 4 is 5.97 Å². The Labute approximate surface area is 135 Å². The molecular weight excluding hydrogens is 276 g/mol. The lowest BCUT2D eigenvalue weighted by molar-refractivity contribution is -0.140. The highest BCUT2D eigenvalue weighted by molar-refractivity contribution is 5.68. The zero-order valence-electron chi connectivity index (χ0n) is 14.4. The number of unbranched alkanes of at least 4 members (excludes halogenated alkanes) is 7. The summed E-state index contributed by atoms with van der Waals surface area (Å²) in [6.07, 6.45) is 13.4. The summed E-state index contributed by atoms with van der Waals surface area (Å²) in [5.74, 6) is 2.14. The number of carbonyl (C=O) groups excluding carboxylic acids is 1. The second kappa shape index (κ2) is 12.3. The maximum atomic E-state index is 11.0. The molecule has 0 fully saturated rings. The SMILES string of the molecule is CCCCCCCc1ccc(CCCCCCC(=O)OC)o1. The minimum atomic E-state index is -0.102. The van der Waals surface area contributed by atoms with E-state index >= 15 is 0 Å². The van der Waals surface area contributed by atoms with E-state index in [-0.39, 0.29) is 5.97 Å². The third-order valence-corrected chi connectivity index (χ3v) is 4.03. The second-order valence-corrected chi connectivity index (χ2v) is 6.02. The molecule has 3 heteroatoms. The van der Waals surface area contributed by atoms with Gasteiger partial charge in [-0.25, -0.2) is 0 Å². The molecule has 1 aromatic heterocycles. The molecule has 0 aromatic carbocycles. The normalized spacial score (nSPS) is 10.8. The predicted octanol–water partition coefficient (Wildman–Crippen LogP) is 5.46. The lowest BCUT2D eigenvalue weighted by atomic mass is 10.1. The molecule has 0 aliphatic rings. The summed E-state index contributed by atoms with van der Waals surface area (Å²) in [7, 11) is 1.45. The van der Waals surface area contributed by atoms with Crippen molar-refractivity contribution in [1.29, 1.82) is 0 Å². The number of esters is 1. The van der Waals surface area contributed by atoms with Crippen molar-refractivity contribution in [2.45, 2.75) is 84.0 Å². The van der Waals surface area contributed by atoms with Crippen LogP contribution in [0.2, 0.25) is 0 Å². The fraction of sp³-hybridized carbons (Fsp3) is 0.737. The summed E-state index contributed by atoms with van der Waals surface area (Å²) in [6, 6.07) is 4.25. The smallest absolute Gasteiger partial charge is 0.305 e. The highest BCUT2D eigenvalue weighted by Crippen LogP contribution is 2.15. The van der Waals surface area contributed by atoms with Gasteiger partial charge in [-0.3, -0.25) is 4.79 Å². The van der Waals surface area contributed by atoms with Gasteiger partial charge in [0, 0.05) is 19.3 Å². The van der Waals surface area contributed by atoms with Gasteiger partial charge in [0.1, 0.15) is 11.5 Å². The molecule has 0 aliphatic heterocycles. The Morgan fingerprint density at radius 2 is 1.45 bits per heavy atom. The van der Waals surface area contributed by atoms with E-state index in [1.54, 1.807) is 0 Å². The minimum Gasteiger partial charge on any atom is -0.469 e. The Morgan fingerprint density at radius 1 is 0.909 bits per heavy atom. The van der Waals surface area contributed by atoms with Gasteiger partial charge in [-0.05, 0) is 31.4 Å². The van der Waals surface area contributed by atoms with Gasteiger partial charge >= 0.3 is 5.97 Å². The number of methoxy groups -OCH3 is 1. The molecule has 0 unspecified atom stereocenters. The summed E-state index contributed by atoms with van der Waals surface area (Å²) < 4.78 is 10.5. The number of hydrogen-bond donors (Lipinski definition) is 0. The quantitative estimate of drug-likeness (QED) is 0.359. The fourth-order valence-corrected chi connectivity index (χ4v) is 2.62. The molecule has 126 valence electrons. The number of ether oxygens (including phenoxy) is 1. The van der Waals surface area contributed by atoms with Crippen LogP contribution in [0.15, 0.2) is 16.5 Å². The van der Waals surface area contributed by atoms with E-state index in [4.69, 9.17) is 4.42 Å². The van der Waals surface area contributed by atoms with Crippen LogP contribution in [-0.4, -0.2) is 13.1 Å². The Bertz CT molecular complexity index is 395. The summed E-state index contributed by atoms with van der Waals surface area (Å²) in [6.45, 7) is 2.24. The van der Waals surface area contributed by atoms with Gasteiger partial charge in [-0.2, -0.15) is 0 Å². The zero-order valence-corrected chi connectivity index (χ0v) is 14.4. The molecule has 0 bridgehead atoms. The molecular formula is C19H32O3.